The highest BCUT2D eigenvalue weighted by atomic mass is 16.2. The average molecular weight is 241 g/mol. The topological polar surface area (TPSA) is 27.9 Å². The monoisotopic (exact) mass is 241 g/mol. The van der Waals surface area contributed by atoms with Crippen molar-refractivity contribution in [1.29, 1.82) is 0 Å². The molecule has 0 bridgehead atoms. The largest absolute Gasteiger partial charge is 0.370 e. The van der Waals surface area contributed by atoms with Gasteiger partial charge in [0.25, 0.3) is 0 Å². The van der Waals surface area contributed by atoms with Crippen molar-refractivity contribution >= 4 is 17.3 Å². The molecule has 3 rings (SSSR count). The molecule has 1 aromatic rings. The van der Waals surface area contributed by atoms with Crippen LogP contribution in [0.15, 0.2) is 24.3 Å². The zero-order valence-electron chi connectivity index (χ0n) is 10.4. The fourth-order valence-electron chi connectivity index (χ4n) is 2.87. The third kappa shape index (κ3) is 1.63. The number of nitrogens with zero attached hydrogens (tertiary/aromatic N) is 3. The minimum absolute atomic E-state index is 0.181. The normalized spacial score (nSPS) is 20.0. The van der Waals surface area contributed by atoms with Crippen LogP contribution in [0.1, 0.15) is 6.92 Å². The van der Waals surface area contributed by atoms with E-state index in [0.29, 0.717) is 11.1 Å². The van der Waals surface area contributed by atoms with E-state index < -0.39 is 0 Å². The summed E-state index contributed by atoms with van der Waals surface area (Å²) in [5.74, 6) is 0.181. The summed E-state index contributed by atoms with van der Waals surface area (Å²) in [6.45, 7) is 12.4. The van der Waals surface area contributed by atoms with E-state index in [0.717, 1.165) is 26.2 Å². The van der Waals surface area contributed by atoms with Crippen molar-refractivity contribution in [3.63, 3.8) is 0 Å². The Morgan fingerprint density at radius 2 is 1.83 bits per heavy atom. The molecule has 2 fully saturated rings. The molecule has 92 valence electrons. The first-order valence-electron chi connectivity index (χ1n) is 6.10. The van der Waals surface area contributed by atoms with Crippen LogP contribution in [0.5, 0.6) is 0 Å². The molecule has 4 heteroatoms. The average Bonchev–Trinajstić information content (AvgIpc) is 2.25. The van der Waals surface area contributed by atoms with Gasteiger partial charge in [-0.15, -0.1) is 0 Å². The van der Waals surface area contributed by atoms with Gasteiger partial charge in [0.2, 0.25) is 5.91 Å². The lowest BCUT2D eigenvalue weighted by molar-refractivity contribution is -0.142. The lowest BCUT2D eigenvalue weighted by Crippen LogP contribution is -2.72. The van der Waals surface area contributed by atoms with E-state index >= 15 is 0 Å². The summed E-state index contributed by atoms with van der Waals surface area (Å²) >= 11 is 0. The molecule has 0 N–H and O–H groups in total. The zero-order chi connectivity index (χ0) is 12.8. The SMILES string of the molecule is [C-]#[N+]c1ccc(N2CC3(CN(C(C)=O)C3)C2)cc1. The predicted octanol–water partition coefficient (Wildman–Crippen LogP) is 1.91. The maximum absolute atomic E-state index is 11.2. The van der Waals surface area contributed by atoms with Gasteiger partial charge in [0.1, 0.15) is 0 Å². The number of benzene rings is 1. The number of anilines is 1. The van der Waals surface area contributed by atoms with Crippen LogP contribution >= 0.6 is 0 Å². The molecule has 0 radical (unpaired) electrons. The second kappa shape index (κ2) is 3.74. The molecule has 1 amide bonds. The minimum atomic E-state index is 0.181. The molecule has 0 unspecified atom stereocenters. The van der Waals surface area contributed by atoms with Crippen LogP contribution in [-0.2, 0) is 4.79 Å². The van der Waals surface area contributed by atoms with Gasteiger partial charge in [-0.3, -0.25) is 4.79 Å². The number of carbonyl (C=O) groups excluding carboxylic acids is 1. The van der Waals surface area contributed by atoms with E-state index in [9.17, 15) is 4.79 Å². The van der Waals surface area contributed by atoms with Crippen molar-refractivity contribution in [2.24, 2.45) is 5.41 Å². The number of rotatable bonds is 1. The second-order valence-electron chi connectivity index (χ2n) is 5.36. The van der Waals surface area contributed by atoms with Crippen LogP contribution in [0, 0.1) is 12.0 Å². The lowest BCUT2D eigenvalue weighted by atomic mass is 9.72. The van der Waals surface area contributed by atoms with Gasteiger partial charge in [-0.05, 0) is 12.1 Å². The maximum Gasteiger partial charge on any atom is 0.219 e. The smallest absolute Gasteiger partial charge is 0.219 e. The van der Waals surface area contributed by atoms with Crippen LogP contribution in [0.4, 0.5) is 11.4 Å². The summed E-state index contributed by atoms with van der Waals surface area (Å²) in [7, 11) is 0. The Balaban J connectivity index is 1.59. The molecule has 2 heterocycles. The standard InChI is InChI=1S/C14H15N3O/c1-11(18)16-7-14(8-16)9-17(10-14)13-5-3-12(15-2)4-6-13/h3-6H,7-10H2,1H3. The molecule has 2 saturated heterocycles. The van der Waals surface area contributed by atoms with Gasteiger partial charge < -0.3 is 9.80 Å². The molecular formula is C14H15N3O. The van der Waals surface area contributed by atoms with Crippen molar-refractivity contribution in [1.82, 2.24) is 4.90 Å². The molecule has 1 spiro atoms. The maximum atomic E-state index is 11.2. The Hall–Kier alpha value is -2.02. The first-order chi connectivity index (χ1) is 8.62. The molecule has 2 aliphatic rings. The van der Waals surface area contributed by atoms with E-state index in [2.05, 4.69) is 9.74 Å². The summed E-state index contributed by atoms with van der Waals surface area (Å²) in [5.41, 5.74) is 2.19. The molecule has 0 atom stereocenters. The van der Waals surface area contributed by atoms with Crippen LogP contribution in [-0.4, -0.2) is 37.0 Å². The van der Waals surface area contributed by atoms with Crippen molar-refractivity contribution in [3.8, 4) is 0 Å². The number of amides is 1. The fourth-order valence-corrected chi connectivity index (χ4v) is 2.87. The van der Waals surface area contributed by atoms with E-state index in [4.69, 9.17) is 6.57 Å². The van der Waals surface area contributed by atoms with Crippen LogP contribution in [0.25, 0.3) is 4.85 Å². The molecule has 4 nitrogen and oxygen atoms in total. The third-order valence-electron chi connectivity index (χ3n) is 3.89. The van der Waals surface area contributed by atoms with E-state index in [-0.39, 0.29) is 5.91 Å². The Labute approximate surface area is 107 Å². The second-order valence-corrected chi connectivity index (χ2v) is 5.36. The van der Waals surface area contributed by atoms with Gasteiger partial charge in [-0.25, -0.2) is 4.85 Å². The quantitative estimate of drug-likeness (QED) is 0.702. The van der Waals surface area contributed by atoms with Gasteiger partial charge in [0, 0.05) is 44.2 Å². The first-order valence-corrected chi connectivity index (χ1v) is 6.10. The minimum Gasteiger partial charge on any atom is -0.370 e. The van der Waals surface area contributed by atoms with Crippen LogP contribution < -0.4 is 4.90 Å². The first kappa shape index (κ1) is 11.1. The molecular weight excluding hydrogens is 226 g/mol. The summed E-state index contributed by atoms with van der Waals surface area (Å²) in [5, 5.41) is 0. The van der Waals surface area contributed by atoms with Gasteiger partial charge in [-0.1, -0.05) is 12.1 Å². The Morgan fingerprint density at radius 3 is 2.33 bits per heavy atom. The summed E-state index contributed by atoms with van der Waals surface area (Å²) in [4.78, 5) is 18.8. The van der Waals surface area contributed by atoms with Crippen molar-refractivity contribution in [2.45, 2.75) is 6.92 Å². The van der Waals surface area contributed by atoms with Gasteiger partial charge in [-0.2, -0.15) is 0 Å². The van der Waals surface area contributed by atoms with Crippen LogP contribution in [0.2, 0.25) is 0 Å². The highest BCUT2D eigenvalue weighted by molar-refractivity contribution is 5.74. The van der Waals surface area contributed by atoms with E-state index in [1.165, 1.54) is 5.69 Å². The summed E-state index contributed by atoms with van der Waals surface area (Å²) in [6.07, 6.45) is 0. The van der Waals surface area contributed by atoms with Gasteiger partial charge in [0.15, 0.2) is 5.69 Å². The zero-order valence-corrected chi connectivity index (χ0v) is 10.4. The number of likely N-dealkylation sites (tertiary alicyclic amines) is 1. The predicted molar refractivity (Wildman–Crippen MR) is 69.6 cm³/mol. The molecule has 0 aliphatic carbocycles. The Bertz CT molecular complexity index is 515. The van der Waals surface area contributed by atoms with E-state index in [1.54, 1.807) is 6.92 Å². The highest BCUT2D eigenvalue weighted by Crippen LogP contribution is 2.41. The number of hydrogen-bond donors (Lipinski definition) is 0. The summed E-state index contributed by atoms with van der Waals surface area (Å²) < 4.78 is 0. The lowest BCUT2D eigenvalue weighted by Gasteiger charge is -2.60. The Kier molecular flexibility index (Phi) is 2.30. The van der Waals surface area contributed by atoms with Gasteiger partial charge >= 0.3 is 0 Å². The fraction of sp³-hybridized carbons (Fsp3) is 0.429. The van der Waals surface area contributed by atoms with Crippen LogP contribution in [0.3, 0.4) is 0 Å². The molecule has 1 aromatic carbocycles. The molecule has 2 aliphatic heterocycles. The van der Waals surface area contributed by atoms with E-state index in [1.807, 2.05) is 29.2 Å². The number of carbonyl (C=O) groups is 1. The summed E-state index contributed by atoms with van der Waals surface area (Å²) in [6, 6.07) is 7.72. The molecule has 0 saturated carbocycles. The van der Waals surface area contributed by atoms with Crippen molar-refractivity contribution < 1.29 is 4.79 Å². The van der Waals surface area contributed by atoms with Crippen molar-refractivity contribution in [2.75, 3.05) is 31.1 Å². The number of hydrogen-bond acceptors (Lipinski definition) is 2. The Morgan fingerprint density at radius 1 is 1.22 bits per heavy atom. The van der Waals surface area contributed by atoms with Crippen molar-refractivity contribution in [3.05, 3.63) is 35.7 Å². The molecule has 0 aromatic heterocycles. The highest BCUT2D eigenvalue weighted by Gasteiger charge is 2.52. The third-order valence-corrected chi connectivity index (χ3v) is 3.89. The van der Waals surface area contributed by atoms with Gasteiger partial charge in [0.05, 0.1) is 6.57 Å². The molecule has 18 heavy (non-hydrogen) atoms.